The van der Waals surface area contributed by atoms with Gasteiger partial charge in [-0.25, -0.2) is 13.6 Å². The first-order chi connectivity index (χ1) is 9.68. The number of nitrogens with one attached hydrogen (secondary N) is 1. The van der Waals surface area contributed by atoms with Crippen LogP contribution in [0, 0.1) is 6.92 Å². The summed E-state index contributed by atoms with van der Waals surface area (Å²) in [7, 11) is -1.82. The largest absolute Gasteiger partial charge is 0.377 e. The highest BCUT2D eigenvalue weighted by molar-refractivity contribution is 9.10. The third kappa shape index (κ3) is 3.63. The average molecular weight is 373 g/mol. The molecule has 1 heterocycles. The summed E-state index contributed by atoms with van der Waals surface area (Å²) >= 11 is 3.36. The molecule has 0 aliphatic rings. The molecule has 0 fully saturated rings. The van der Waals surface area contributed by atoms with E-state index in [1.54, 1.807) is 10.7 Å². The predicted molar refractivity (Wildman–Crippen MR) is 85.5 cm³/mol. The molecule has 2 rings (SSSR count). The third-order valence-electron chi connectivity index (χ3n) is 3.16. The van der Waals surface area contributed by atoms with Crippen molar-refractivity contribution in [3.05, 3.63) is 40.1 Å². The molecule has 0 saturated heterocycles. The molecule has 0 aliphatic heterocycles. The van der Waals surface area contributed by atoms with Gasteiger partial charge in [-0.15, -0.1) is 0 Å². The second-order valence-corrected chi connectivity index (χ2v) is 7.31. The van der Waals surface area contributed by atoms with Crippen LogP contribution < -0.4 is 10.5 Å². The Balaban J connectivity index is 2.26. The fourth-order valence-electron chi connectivity index (χ4n) is 2.14. The van der Waals surface area contributed by atoms with Gasteiger partial charge in [0, 0.05) is 29.0 Å². The Morgan fingerprint density at radius 3 is 2.57 bits per heavy atom. The predicted octanol–water partition coefficient (Wildman–Crippen LogP) is 2.31. The second-order valence-electron chi connectivity index (χ2n) is 4.90. The molecule has 1 unspecified atom stereocenters. The Morgan fingerprint density at radius 1 is 1.43 bits per heavy atom. The van der Waals surface area contributed by atoms with Gasteiger partial charge in [0.05, 0.1) is 16.6 Å². The van der Waals surface area contributed by atoms with Crippen molar-refractivity contribution in [1.82, 2.24) is 9.78 Å². The molecule has 21 heavy (non-hydrogen) atoms. The number of aromatic nitrogens is 2. The van der Waals surface area contributed by atoms with Crippen LogP contribution in [0.15, 0.2) is 33.8 Å². The molecule has 0 amide bonds. The minimum Gasteiger partial charge on any atom is -0.377 e. The lowest BCUT2D eigenvalue weighted by Gasteiger charge is -2.16. The van der Waals surface area contributed by atoms with Crippen molar-refractivity contribution in [2.45, 2.75) is 24.8 Å². The van der Waals surface area contributed by atoms with Crippen molar-refractivity contribution in [1.29, 1.82) is 0 Å². The molecule has 0 spiro atoms. The minimum atomic E-state index is -3.70. The standard InChI is InChI=1S/C13H17BrN4O2S/c1-8(11-7-18(3)17-9(11)2)16-13-5-4-10(6-12(13)14)21(15,19)20/h4-8,16H,1-3H3,(H2,15,19,20). The number of benzene rings is 1. The molecule has 6 nitrogen and oxygen atoms in total. The summed E-state index contributed by atoms with van der Waals surface area (Å²) in [6, 6.07) is 4.69. The number of sulfonamides is 1. The zero-order valence-electron chi connectivity index (χ0n) is 12.0. The summed E-state index contributed by atoms with van der Waals surface area (Å²) in [5.74, 6) is 0. The number of nitrogens with two attached hydrogens (primary N) is 1. The van der Waals surface area contributed by atoms with Crippen LogP contribution in [0.1, 0.15) is 24.2 Å². The number of anilines is 1. The lowest BCUT2D eigenvalue weighted by atomic mass is 10.1. The van der Waals surface area contributed by atoms with E-state index in [0.717, 1.165) is 16.9 Å². The van der Waals surface area contributed by atoms with Crippen molar-refractivity contribution in [3.63, 3.8) is 0 Å². The van der Waals surface area contributed by atoms with E-state index in [-0.39, 0.29) is 10.9 Å². The van der Waals surface area contributed by atoms with Gasteiger partial charge in [0.2, 0.25) is 10.0 Å². The van der Waals surface area contributed by atoms with Crippen LogP contribution in [0.5, 0.6) is 0 Å². The van der Waals surface area contributed by atoms with E-state index in [4.69, 9.17) is 5.14 Å². The number of aryl methyl sites for hydroxylation is 2. The summed E-state index contributed by atoms with van der Waals surface area (Å²) in [5, 5.41) is 12.7. The van der Waals surface area contributed by atoms with Gasteiger partial charge in [-0.2, -0.15) is 5.10 Å². The van der Waals surface area contributed by atoms with Gasteiger partial charge < -0.3 is 5.32 Å². The molecular weight excluding hydrogens is 356 g/mol. The van der Waals surface area contributed by atoms with E-state index in [0.29, 0.717) is 4.47 Å². The topological polar surface area (TPSA) is 90.0 Å². The molecule has 1 atom stereocenters. The van der Waals surface area contributed by atoms with Crippen molar-refractivity contribution < 1.29 is 8.42 Å². The summed E-state index contributed by atoms with van der Waals surface area (Å²) < 4.78 is 25.0. The van der Waals surface area contributed by atoms with Crippen LogP contribution in [-0.4, -0.2) is 18.2 Å². The van der Waals surface area contributed by atoms with Crippen molar-refractivity contribution in [3.8, 4) is 0 Å². The van der Waals surface area contributed by atoms with Crippen LogP contribution in [0.25, 0.3) is 0 Å². The SMILES string of the molecule is Cc1nn(C)cc1C(C)Nc1ccc(S(N)(=O)=O)cc1Br. The zero-order valence-corrected chi connectivity index (χ0v) is 14.4. The molecular formula is C13H17BrN4O2S. The maximum Gasteiger partial charge on any atom is 0.238 e. The van der Waals surface area contributed by atoms with Gasteiger partial charge in [0.1, 0.15) is 0 Å². The minimum absolute atomic E-state index is 0.0373. The number of primary sulfonamides is 1. The summed E-state index contributed by atoms with van der Waals surface area (Å²) in [5.41, 5.74) is 2.83. The quantitative estimate of drug-likeness (QED) is 0.861. The monoisotopic (exact) mass is 372 g/mol. The molecule has 0 aliphatic carbocycles. The van der Waals surface area contributed by atoms with Gasteiger partial charge >= 0.3 is 0 Å². The van der Waals surface area contributed by atoms with Gasteiger partial charge in [-0.3, -0.25) is 4.68 Å². The Kier molecular flexibility index (Phi) is 4.40. The van der Waals surface area contributed by atoms with Crippen LogP contribution in [0.4, 0.5) is 5.69 Å². The maximum absolute atomic E-state index is 11.3. The third-order valence-corrected chi connectivity index (χ3v) is 4.73. The average Bonchev–Trinajstić information content (AvgIpc) is 2.69. The van der Waals surface area contributed by atoms with Gasteiger partial charge in [0.15, 0.2) is 0 Å². The number of nitrogens with zero attached hydrogens (tertiary/aromatic N) is 2. The first-order valence-electron chi connectivity index (χ1n) is 6.27. The Labute approximate surface area is 132 Å². The van der Waals surface area contributed by atoms with Crippen molar-refractivity contribution in [2.24, 2.45) is 12.2 Å². The first-order valence-corrected chi connectivity index (χ1v) is 8.61. The van der Waals surface area contributed by atoms with Gasteiger partial charge in [-0.1, -0.05) is 0 Å². The number of rotatable bonds is 4. The van der Waals surface area contributed by atoms with Crippen molar-refractivity contribution in [2.75, 3.05) is 5.32 Å². The summed E-state index contributed by atoms with van der Waals surface area (Å²) in [6.07, 6.45) is 1.96. The fourth-order valence-corrected chi connectivity index (χ4v) is 3.33. The number of halogens is 1. The van der Waals surface area contributed by atoms with E-state index in [2.05, 4.69) is 26.3 Å². The summed E-state index contributed by atoms with van der Waals surface area (Å²) in [4.78, 5) is 0.0742. The van der Waals surface area contributed by atoms with E-state index in [1.807, 2.05) is 27.1 Å². The molecule has 0 bridgehead atoms. The van der Waals surface area contributed by atoms with Crippen LogP contribution in [0.3, 0.4) is 0 Å². The van der Waals surface area contributed by atoms with Crippen LogP contribution in [-0.2, 0) is 17.1 Å². The maximum atomic E-state index is 11.3. The number of hydrogen-bond donors (Lipinski definition) is 2. The van der Waals surface area contributed by atoms with Crippen LogP contribution in [0.2, 0.25) is 0 Å². The first kappa shape index (κ1) is 16.0. The Morgan fingerprint density at radius 2 is 2.10 bits per heavy atom. The lowest BCUT2D eigenvalue weighted by molar-refractivity contribution is 0.598. The Bertz CT molecular complexity index is 770. The number of hydrogen-bond acceptors (Lipinski definition) is 4. The lowest BCUT2D eigenvalue weighted by Crippen LogP contribution is -2.13. The van der Waals surface area contributed by atoms with Gasteiger partial charge in [0.25, 0.3) is 0 Å². The molecule has 0 radical (unpaired) electrons. The molecule has 1 aromatic carbocycles. The molecule has 2 aromatic rings. The molecule has 114 valence electrons. The molecule has 8 heteroatoms. The van der Waals surface area contributed by atoms with E-state index >= 15 is 0 Å². The summed E-state index contributed by atoms with van der Waals surface area (Å²) in [6.45, 7) is 3.97. The smallest absolute Gasteiger partial charge is 0.238 e. The molecule has 3 N–H and O–H groups in total. The van der Waals surface area contributed by atoms with Crippen molar-refractivity contribution >= 4 is 31.6 Å². The van der Waals surface area contributed by atoms with E-state index < -0.39 is 10.0 Å². The highest BCUT2D eigenvalue weighted by atomic mass is 79.9. The highest BCUT2D eigenvalue weighted by Crippen LogP contribution is 2.29. The fraction of sp³-hybridized carbons (Fsp3) is 0.308. The van der Waals surface area contributed by atoms with Gasteiger partial charge in [-0.05, 0) is 48.0 Å². The highest BCUT2D eigenvalue weighted by Gasteiger charge is 2.15. The van der Waals surface area contributed by atoms with Crippen LogP contribution >= 0.6 is 15.9 Å². The van der Waals surface area contributed by atoms with E-state index in [9.17, 15) is 8.42 Å². The normalized spacial score (nSPS) is 13.2. The molecule has 0 saturated carbocycles. The molecule has 1 aromatic heterocycles. The Hall–Kier alpha value is -1.38. The second kappa shape index (κ2) is 5.78. The van der Waals surface area contributed by atoms with E-state index in [1.165, 1.54) is 12.1 Å². The zero-order chi connectivity index (χ0) is 15.8.